The van der Waals surface area contributed by atoms with Crippen molar-refractivity contribution in [3.63, 3.8) is 0 Å². The summed E-state index contributed by atoms with van der Waals surface area (Å²) < 4.78 is 31.0. The number of benzene rings is 1. The van der Waals surface area contributed by atoms with Gasteiger partial charge >= 0.3 is 5.97 Å². The predicted octanol–water partition coefficient (Wildman–Crippen LogP) is 1.75. The van der Waals surface area contributed by atoms with Crippen LogP contribution in [-0.4, -0.2) is 56.1 Å². The van der Waals surface area contributed by atoms with Crippen LogP contribution in [0.25, 0.3) is 0 Å². The Morgan fingerprint density at radius 1 is 1.11 bits per heavy atom. The van der Waals surface area contributed by atoms with Gasteiger partial charge in [0.25, 0.3) is 5.91 Å². The third-order valence-electron chi connectivity index (χ3n) is 3.70. The van der Waals surface area contributed by atoms with Crippen molar-refractivity contribution >= 4 is 27.7 Å². The maximum atomic E-state index is 12.5. The van der Waals surface area contributed by atoms with Gasteiger partial charge < -0.3 is 10.1 Å². The van der Waals surface area contributed by atoms with Crippen LogP contribution in [0.4, 0.5) is 0 Å². The first-order valence-electron chi connectivity index (χ1n) is 8.87. The SMILES string of the molecule is CC(=O)c1ccc(S(=O)(=O)N(C)CCCC(=O)OCC(=O)NC(C)(C)C)cc1. The minimum atomic E-state index is -3.72. The highest BCUT2D eigenvalue weighted by Crippen LogP contribution is 2.16. The van der Waals surface area contributed by atoms with Crippen molar-refractivity contribution < 1.29 is 27.5 Å². The van der Waals surface area contributed by atoms with Gasteiger partial charge in [-0.3, -0.25) is 14.4 Å². The molecule has 8 nitrogen and oxygen atoms in total. The molecular formula is C19H28N2O6S. The van der Waals surface area contributed by atoms with Gasteiger partial charge in [0.15, 0.2) is 12.4 Å². The standard InChI is InChI=1S/C19H28N2O6S/c1-14(22)15-8-10-16(11-9-15)28(25,26)21(5)12-6-7-18(24)27-13-17(23)20-19(2,3)4/h8-11H,6-7,12-13H2,1-5H3,(H,20,23). The van der Waals surface area contributed by atoms with Gasteiger partial charge in [0.1, 0.15) is 0 Å². The average Bonchev–Trinajstić information content (AvgIpc) is 2.58. The molecule has 1 N–H and O–H groups in total. The van der Waals surface area contributed by atoms with E-state index in [0.717, 1.165) is 4.31 Å². The van der Waals surface area contributed by atoms with Crippen LogP contribution in [0.1, 0.15) is 50.9 Å². The Kier molecular flexibility index (Phi) is 8.31. The van der Waals surface area contributed by atoms with Gasteiger partial charge in [-0.2, -0.15) is 0 Å². The first kappa shape index (κ1) is 23.8. The monoisotopic (exact) mass is 412 g/mol. The van der Waals surface area contributed by atoms with Crippen molar-refractivity contribution in [2.24, 2.45) is 0 Å². The van der Waals surface area contributed by atoms with Gasteiger partial charge in [-0.15, -0.1) is 0 Å². The molecule has 0 aliphatic heterocycles. The molecule has 1 aromatic carbocycles. The third kappa shape index (κ3) is 7.77. The highest BCUT2D eigenvalue weighted by atomic mass is 32.2. The Morgan fingerprint density at radius 2 is 1.68 bits per heavy atom. The first-order valence-corrected chi connectivity index (χ1v) is 10.3. The number of sulfonamides is 1. The molecule has 1 aromatic rings. The number of hydrogen-bond acceptors (Lipinski definition) is 6. The lowest BCUT2D eigenvalue weighted by atomic mass is 10.1. The number of Topliss-reactive ketones (excluding diaryl/α,β-unsaturated/α-hetero) is 1. The third-order valence-corrected chi connectivity index (χ3v) is 5.57. The zero-order valence-electron chi connectivity index (χ0n) is 16.9. The zero-order chi connectivity index (χ0) is 21.5. The number of rotatable bonds is 9. The van der Waals surface area contributed by atoms with E-state index in [2.05, 4.69) is 5.32 Å². The van der Waals surface area contributed by atoms with Crippen LogP contribution in [0.3, 0.4) is 0 Å². The van der Waals surface area contributed by atoms with E-state index in [9.17, 15) is 22.8 Å². The highest BCUT2D eigenvalue weighted by molar-refractivity contribution is 7.89. The van der Waals surface area contributed by atoms with Crippen molar-refractivity contribution in [2.75, 3.05) is 20.2 Å². The number of amides is 1. The molecule has 1 amide bonds. The van der Waals surface area contributed by atoms with Crippen molar-refractivity contribution in [1.82, 2.24) is 9.62 Å². The molecule has 0 fully saturated rings. The summed E-state index contributed by atoms with van der Waals surface area (Å²) in [6.45, 7) is 6.60. The van der Waals surface area contributed by atoms with Gasteiger partial charge in [-0.25, -0.2) is 12.7 Å². The van der Waals surface area contributed by atoms with Gasteiger partial charge in [0.2, 0.25) is 10.0 Å². The van der Waals surface area contributed by atoms with Crippen molar-refractivity contribution in [3.05, 3.63) is 29.8 Å². The van der Waals surface area contributed by atoms with E-state index < -0.39 is 27.4 Å². The molecule has 0 saturated carbocycles. The summed E-state index contributed by atoms with van der Waals surface area (Å²) in [5, 5.41) is 2.67. The Balaban J connectivity index is 2.48. The molecule has 0 radical (unpaired) electrons. The summed E-state index contributed by atoms with van der Waals surface area (Å²) in [6, 6.07) is 5.68. The van der Waals surface area contributed by atoms with E-state index >= 15 is 0 Å². The zero-order valence-corrected chi connectivity index (χ0v) is 17.8. The molecule has 0 bridgehead atoms. The molecule has 0 spiro atoms. The molecule has 0 heterocycles. The first-order chi connectivity index (χ1) is 12.8. The maximum Gasteiger partial charge on any atom is 0.306 e. The lowest BCUT2D eigenvalue weighted by Crippen LogP contribution is -2.42. The maximum absolute atomic E-state index is 12.5. The van der Waals surface area contributed by atoms with Crippen LogP contribution < -0.4 is 5.32 Å². The number of nitrogens with zero attached hydrogens (tertiary/aromatic N) is 1. The predicted molar refractivity (Wildman–Crippen MR) is 104 cm³/mol. The molecule has 1 rings (SSSR count). The lowest BCUT2D eigenvalue weighted by Gasteiger charge is -2.20. The summed E-state index contributed by atoms with van der Waals surface area (Å²) in [6.07, 6.45) is 0.243. The molecule has 0 atom stereocenters. The van der Waals surface area contributed by atoms with Crippen LogP contribution >= 0.6 is 0 Å². The number of esters is 1. The summed E-state index contributed by atoms with van der Waals surface area (Å²) in [5.41, 5.74) is 0.0169. The van der Waals surface area contributed by atoms with Crippen LogP contribution in [0.2, 0.25) is 0 Å². The topological polar surface area (TPSA) is 110 Å². The average molecular weight is 413 g/mol. The summed E-state index contributed by atoms with van der Waals surface area (Å²) in [4.78, 5) is 34.7. The molecule has 156 valence electrons. The van der Waals surface area contributed by atoms with Gasteiger partial charge in [-0.1, -0.05) is 12.1 Å². The van der Waals surface area contributed by atoms with Gasteiger partial charge in [0.05, 0.1) is 4.90 Å². The van der Waals surface area contributed by atoms with E-state index in [0.29, 0.717) is 5.56 Å². The molecule has 0 aromatic heterocycles. The number of nitrogens with one attached hydrogen (secondary N) is 1. The van der Waals surface area contributed by atoms with E-state index in [1.54, 1.807) is 0 Å². The van der Waals surface area contributed by atoms with E-state index in [4.69, 9.17) is 4.74 Å². The number of carbonyl (C=O) groups is 3. The second-order valence-electron chi connectivity index (χ2n) is 7.47. The minimum absolute atomic E-state index is 0.00800. The highest BCUT2D eigenvalue weighted by Gasteiger charge is 2.21. The van der Waals surface area contributed by atoms with E-state index in [1.807, 2.05) is 20.8 Å². The second kappa shape index (κ2) is 9.79. The number of ether oxygens (including phenoxy) is 1. The van der Waals surface area contributed by atoms with Crippen LogP contribution in [0.15, 0.2) is 29.2 Å². The summed E-state index contributed by atoms with van der Waals surface area (Å²) in [5.74, 6) is -1.11. The smallest absolute Gasteiger partial charge is 0.306 e. The quantitative estimate of drug-likeness (QED) is 0.489. The second-order valence-corrected chi connectivity index (χ2v) is 9.51. The fraction of sp³-hybridized carbons (Fsp3) is 0.526. The lowest BCUT2D eigenvalue weighted by molar-refractivity contribution is -0.149. The molecule has 28 heavy (non-hydrogen) atoms. The Labute approximate surface area is 166 Å². The normalized spacial score (nSPS) is 11.9. The fourth-order valence-electron chi connectivity index (χ4n) is 2.28. The minimum Gasteiger partial charge on any atom is -0.456 e. The van der Waals surface area contributed by atoms with Crippen LogP contribution in [0.5, 0.6) is 0 Å². The number of ketones is 1. The van der Waals surface area contributed by atoms with Crippen molar-refractivity contribution in [3.8, 4) is 0 Å². The molecule has 9 heteroatoms. The molecule has 0 unspecified atom stereocenters. The van der Waals surface area contributed by atoms with Gasteiger partial charge in [-0.05, 0) is 46.2 Å². The van der Waals surface area contributed by atoms with E-state index in [1.165, 1.54) is 38.2 Å². The molecule has 0 saturated heterocycles. The summed E-state index contributed by atoms with van der Waals surface area (Å²) in [7, 11) is -2.31. The van der Waals surface area contributed by atoms with E-state index in [-0.39, 0.29) is 36.7 Å². The molecule has 0 aliphatic rings. The fourth-order valence-corrected chi connectivity index (χ4v) is 3.49. The number of carbonyl (C=O) groups excluding carboxylic acids is 3. The van der Waals surface area contributed by atoms with Gasteiger partial charge in [0, 0.05) is 31.1 Å². The summed E-state index contributed by atoms with van der Waals surface area (Å²) >= 11 is 0. The Bertz CT molecular complexity index is 810. The Morgan fingerprint density at radius 3 is 2.18 bits per heavy atom. The number of hydrogen-bond donors (Lipinski definition) is 1. The molecule has 0 aliphatic carbocycles. The largest absolute Gasteiger partial charge is 0.456 e. The van der Waals surface area contributed by atoms with Crippen LogP contribution in [-0.2, 0) is 24.3 Å². The van der Waals surface area contributed by atoms with Crippen LogP contribution in [0, 0.1) is 0 Å². The van der Waals surface area contributed by atoms with Crippen molar-refractivity contribution in [1.29, 1.82) is 0 Å². The Hall–Kier alpha value is -2.26. The van der Waals surface area contributed by atoms with Crippen molar-refractivity contribution in [2.45, 2.75) is 51.0 Å². The molecular weight excluding hydrogens is 384 g/mol.